The van der Waals surface area contributed by atoms with Crippen LogP contribution in [0.5, 0.6) is 0 Å². The molecule has 23 heavy (non-hydrogen) atoms. The van der Waals surface area contributed by atoms with Crippen LogP contribution in [0.15, 0.2) is 36.5 Å². The standard InChI is InChI=1S/C19H25N3O/c1-14-10-15(2)12-16(11-14)20-19(23)13-22-9-5-7-18(22)17-6-4-8-21(17)3/h4,6,8,10-12,18H,5,7,9,13H2,1-3H3,(H,20,23)/t18-/m1/s1. The van der Waals surface area contributed by atoms with E-state index in [1.807, 2.05) is 12.1 Å². The molecule has 1 aromatic carbocycles. The first-order chi connectivity index (χ1) is 11.0. The van der Waals surface area contributed by atoms with Gasteiger partial charge in [0.15, 0.2) is 0 Å². The average Bonchev–Trinajstić information content (AvgIpc) is 3.06. The number of carbonyl (C=O) groups excluding carboxylic acids is 1. The fourth-order valence-electron chi connectivity index (χ4n) is 3.60. The van der Waals surface area contributed by atoms with Crippen LogP contribution in [0.3, 0.4) is 0 Å². The smallest absolute Gasteiger partial charge is 0.238 e. The molecular formula is C19H25N3O. The maximum Gasteiger partial charge on any atom is 0.238 e. The normalized spacial score (nSPS) is 18.3. The van der Waals surface area contributed by atoms with Gasteiger partial charge in [0.25, 0.3) is 0 Å². The van der Waals surface area contributed by atoms with Crippen molar-refractivity contribution in [1.82, 2.24) is 9.47 Å². The maximum absolute atomic E-state index is 12.4. The highest BCUT2D eigenvalue weighted by Gasteiger charge is 2.28. The van der Waals surface area contributed by atoms with E-state index in [-0.39, 0.29) is 5.91 Å². The molecule has 1 amide bonds. The minimum atomic E-state index is 0.0658. The van der Waals surface area contributed by atoms with Crippen molar-refractivity contribution >= 4 is 11.6 Å². The van der Waals surface area contributed by atoms with Crippen LogP contribution in [0.1, 0.15) is 35.7 Å². The third-order valence-electron chi connectivity index (χ3n) is 4.54. The van der Waals surface area contributed by atoms with E-state index in [2.05, 4.69) is 60.1 Å². The van der Waals surface area contributed by atoms with Gasteiger partial charge in [-0.1, -0.05) is 6.07 Å². The SMILES string of the molecule is Cc1cc(C)cc(NC(=O)CN2CCC[C@@H]2c2cccn2C)c1. The van der Waals surface area contributed by atoms with Gasteiger partial charge < -0.3 is 9.88 Å². The van der Waals surface area contributed by atoms with Gasteiger partial charge >= 0.3 is 0 Å². The van der Waals surface area contributed by atoms with E-state index >= 15 is 0 Å². The molecule has 3 rings (SSSR count). The Morgan fingerprint density at radius 2 is 2.00 bits per heavy atom. The van der Waals surface area contributed by atoms with Gasteiger partial charge in [0.05, 0.1) is 12.6 Å². The first-order valence-corrected chi connectivity index (χ1v) is 8.26. The fraction of sp³-hybridized carbons (Fsp3) is 0.421. The molecule has 2 aromatic rings. The largest absolute Gasteiger partial charge is 0.353 e. The lowest BCUT2D eigenvalue weighted by Crippen LogP contribution is -2.33. The first kappa shape index (κ1) is 15.8. The Kier molecular flexibility index (Phi) is 4.53. The Bertz CT molecular complexity index is 684. The van der Waals surface area contributed by atoms with E-state index in [0.717, 1.165) is 25.1 Å². The van der Waals surface area contributed by atoms with Gasteiger partial charge in [0, 0.05) is 24.6 Å². The van der Waals surface area contributed by atoms with Crippen LogP contribution in [0.2, 0.25) is 0 Å². The van der Waals surface area contributed by atoms with Crippen LogP contribution >= 0.6 is 0 Å². The molecule has 1 aliphatic rings. The molecule has 122 valence electrons. The molecule has 1 saturated heterocycles. The predicted octanol–water partition coefficient (Wildman–Crippen LogP) is 3.42. The molecule has 1 N–H and O–H groups in total. The van der Waals surface area contributed by atoms with Crippen molar-refractivity contribution in [1.29, 1.82) is 0 Å². The summed E-state index contributed by atoms with van der Waals surface area (Å²) in [5.41, 5.74) is 4.52. The van der Waals surface area contributed by atoms with Crippen molar-refractivity contribution in [2.75, 3.05) is 18.4 Å². The zero-order valence-corrected chi connectivity index (χ0v) is 14.2. The summed E-state index contributed by atoms with van der Waals surface area (Å²) in [4.78, 5) is 14.7. The van der Waals surface area contributed by atoms with Gasteiger partial charge in [-0.15, -0.1) is 0 Å². The van der Waals surface area contributed by atoms with E-state index < -0.39 is 0 Å². The zero-order chi connectivity index (χ0) is 16.4. The van der Waals surface area contributed by atoms with E-state index in [9.17, 15) is 4.79 Å². The first-order valence-electron chi connectivity index (χ1n) is 8.26. The van der Waals surface area contributed by atoms with E-state index in [0.29, 0.717) is 12.6 Å². The lowest BCUT2D eigenvalue weighted by Gasteiger charge is -2.24. The number of amides is 1. The molecule has 0 aliphatic carbocycles. The molecule has 4 heteroatoms. The summed E-state index contributed by atoms with van der Waals surface area (Å²) in [7, 11) is 2.07. The van der Waals surface area contributed by atoms with Crippen molar-refractivity contribution in [2.24, 2.45) is 7.05 Å². The lowest BCUT2D eigenvalue weighted by molar-refractivity contribution is -0.117. The van der Waals surface area contributed by atoms with Gasteiger partial charge in [0.2, 0.25) is 5.91 Å². The number of nitrogens with one attached hydrogen (secondary N) is 1. The monoisotopic (exact) mass is 311 g/mol. The van der Waals surface area contributed by atoms with Crippen LogP contribution in [-0.4, -0.2) is 28.5 Å². The molecule has 0 bridgehead atoms. The number of anilines is 1. The van der Waals surface area contributed by atoms with Crippen LogP contribution < -0.4 is 5.32 Å². The molecule has 1 fully saturated rings. The quantitative estimate of drug-likeness (QED) is 0.939. The third-order valence-corrected chi connectivity index (χ3v) is 4.54. The second-order valence-corrected chi connectivity index (χ2v) is 6.60. The molecule has 0 saturated carbocycles. The van der Waals surface area contributed by atoms with Crippen molar-refractivity contribution in [3.63, 3.8) is 0 Å². The van der Waals surface area contributed by atoms with Gasteiger partial charge in [0.1, 0.15) is 0 Å². The highest BCUT2D eigenvalue weighted by molar-refractivity contribution is 5.92. The Balaban J connectivity index is 1.66. The molecule has 1 atom stereocenters. The minimum Gasteiger partial charge on any atom is -0.353 e. The van der Waals surface area contributed by atoms with Crippen LogP contribution in [0, 0.1) is 13.8 Å². The average molecular weight is 311 g/mol. The number of hydrogen-bond acceptors (Lipinski definition) is 2. The molecule has 0 radical (unpaired) electrons. The van der Waals surface area contributed by atoms with Crippen LogP contribution in [0.4, 0.5) is 5.69 Å². The molecule has 2 heterocycles. The summed E-state index contributed by atoms with van der Waals surface area (Å²) in [6.45, 7) is 5.53. The number of aryl methyl sites for hydroxylation is 3. The number of carbonyl (C=O) groups is 1. The molecule has 4 nitrogen and oxygen atoms in total. The van der Waals surface area contributed by atoms with Crippen LogP contribution in [0.25, 0.3) is 0 Å². The lowest BCUT2D eigenvalue weighted by atomic mass is 10.1. The van der Waals surface area contributed by atoms with E-state index in [1.165, 1.54) is 16.8 Å². The number of aromatic nitrogens is 1. The predicted molar refractivity (Wildman–Crippen MR) is 93.5 cm³/mol. The van der Waals surface area contributed by atoms with Crippen molar-refractivity contribution < 1.29 is 4.79 Å². The number of nitrogens with zero attached hydrogens (tertiary/aromatic N) is 2. The summed E-state index contributed by atoms with van der Waals surface area (Å²) >= 11 is 0. The topological polar surface area (TPSA) is 37.3 Å². The summed E-state index contributed by atoms with van der Waals surface area (Å²) < 4.78 is 2.16. The summed E-state index contributed by atoms with van der Waals surface area (Å²) in [5, 5.41) is 3.04. The fourth-order valence-corrected chi connectivity index (χ4v) is 3.60. The highest BCUT2D eigenvalue weighted by Crippen LogP contribution is 2.31. The van der Waals surface area contributed by atoms with Crippen molar-refractivity contribution in [3.05, 3.63) is 53.3 Å². The molecule has 1 aromatic heterocycles. The van der Waals surface area contributed by atoms with E-state index in [1.54, 1.807) is 0 Å². The second-order valence-electron chi connectivity index (χ2n) is 6.60. The Hall–Kier alpha value is -2.07. The molecule has 0 unspecified atom stereocenters. The summed E-state index contributed by atoms with van der Waals surface area (Å²) in [6.07, 6.45) is 4.34. The summed E-state index contributed by atoms with van der Waals surface area (Å²) in [5.74, 6) is 0.0658. The Morgan fingerprint density at radius 3 is 2.65 bits per heavy atom. The number of hydrogen-bond donors (Lipinski definition) is 1. The van der Waals surface area contributed by atoms with Crippen molar-refractivity contribution in [3.8, 4) is 0 Å². The van der Waals surface area contributed by atoms with Gasteiger partial charge in [-0.3, -0.25) is 9.69 Å². The van der Waals surface area contributed by atoms with E-state index in [4.69, 9.17) is 0 Å². The second kappa shape index (κ2) is 6.59. The molecular weight excluding hydrogens is 286 g/mol. The molecule has 1 aliphatic heterocycles. The highest BCUT2D eigenvalue weighted by atomic mass is 16.2. The van der Waals surface area contributed by atoms with Gasteiger partial charge in [-0.2, -0.15) is 0 Å². The Labute approximate surface area is 138 Å². The maximum atomic E-state index is 12.4. The Morgan fingerprint density at radius 1 is 1.26 bits per heavy atom. The third kappa shape index (κ3) is 3.64. The zero-order valence-electron chi connectivity index (χ0n) is 14.2. The molecule has 0 spiro atoms. The number of benzene rings is 1. The van der Waals surface area contributed by atoms with Gasteiger partial charge in [-0.25, -0.2) is 0 Å². The summed E-state index contributed by atoms with van der Waals surface area (Å²) in [6, 6.07) is 10.7. The van der Waals surface area contributed by atoms with Crippen molar-refractivity contribution in [2.45, 2.75) is 32.7 Å². The van der Waals surface area contributed by atoms with Gasteiger partial charge in [-0.05, 0) is 68.6 Å². The van der Waals surface area contributed by atoms with Crippen LogP contribution in [-0.2, 0) is 11.8 Å². The minimum absolute atomic E-state index is 0.0658. The number of likely N-dealkylation sites (tertiary alicyclic amines) is 1. The number of rotatable bonds is 4.